The smallest absolute Gasteiger partial charge is 0.293 e. The second-order valence-electron chi connectivity index (χ2n) is 7.89. The molecule has 0 unspecified atom stereocenters. The molecule has 2 fully saturated rings. The molecule has 1 saturated carbocycles. The summed E-state index contributed by atoms with van der Waals surface area (Å²) in [5.41, 5.74) is 0.552. The van der Waals surface area contributed by atoms with Crippen molar-refractivity contribution in [2.24, 2.45) is 0 Å². The summed E-state index contributed by atoms with van der Waals surface area (Å²) < 4.78 is 15.4. The van der Waals surface area contributed by atoms with Gasteiger partial charge in [-0.2, -0.15) is 0 Å². The van der Waals surface area contributed by atoms with E-state index in [1.165, 1.54) is 49.2 Å². The van der Waals surface area contributed by atoms with Crippen molar-refractivity contribution in [1.29, 1.82) is 0 Å². The van der Waals surface area contributed by atoms with Gasteiger partial charge in [0.1, 0.15) is 5.82 Å². The second-order valence-corrected chi connectivity index (χ2v) is 8.84. The Morgan fingerprint density at radius 3 is 2.57 bits per heavy atom. The normalized spacial score (nSPS) is 18.2. The van der Waals surface area contributed by atoms with Crippen molar-refractivity contribution in [2.75, 3.05) is 26.2 Å². The molecular weight excluding hydrogens is 401 g/mol. The van der Waals surface area contributed by atoms with Crippen LogP contribution in [0.3, 0.4) is 0 Å². The standard InChI is InChI=1S/C22H24FN5OS/c23-16-5-3-8-18(15-16)28-21(19-9-4-14-30-19)24-20(25-28)22(29)27-12-10-26(11-13-27)17-6-1-2-7-17/h3-5,8-9,14-15,17H,1-2,6-7,10-13H2. The average Bonchev–Trinajstić information content (AvgIpc) is 3.55. The van der Waals surface area contributed by atoms with Crippen LogP contribution in [0.5, 0.6) is 0 Å². The van der Waals surface area contributed by atoms with E-state index >= 15 is 0 Å². The van der Waals surface area contributed by atoms with E-state index in [9.17, 15) is 9.18 Å². The summed E-state index contributed by atoms with van der Waals surface area (Å²) in [5.74, 6) is 0.214. The third-order valence-electron chi connectivity index (χ3n) is 6.04. The largest absolute Gasteiger partial charge is 0.333 e. The maximum atomic E-state index is 13.8. The van der Waals surface area contributed by atoms with Gasteiger partial charge < -0.3 is 4.90 Å². The summed E-state index contributed by atoms with van der Waals surface area (Å²) >= 11 is 1.52. The van der Waals surface area contributed by atoms with Gasteiger partial charge in [0, 0.05) is 32.2 Å². The van der Waals surface area contributed by atoms with Crippen molar-refractivity contribution in [3.05, 3.63) is 53.4 Å². The van der Waals surface area contributed by atoms with Crippen molar-refractivity contribution in [1.82, 2.24) is 24.6 Å². The van der Waals surface area contributed by atoms with Crippen LogP contribution in [-0.2, 0) is 0 Å². The van der Waals surface area contributed by atoms with Gasteiger partial charge in [0.15, 0.2) is 5.82 Å². The van der Waals surface area contributed by atoms with Crippen LogP contribution >= 0.6 is 11.3 Å². The van der Waals surface area contributed by atoms with Gasteiger partial charge in [0.2, 0.25) is 5.82 Å². The summed E-state index contributed by atoms with van der Waals surface area (Å²) in [6.07, 6.45) is 5.18. The Kier molecular flexibility index (Phi) is 5.35. The van der Waals surface area contributed by atoms with Gasteiger partial charge in [-0.1, -0.05) is 25.0 Å². The van der Waals surface area contributed by atoms with Crippen LogP contribution in [0.1, 0.15) is 36.3 Å². The lowest BCUT2D eigenvalue weighted by atomic mass is 10.2. The molecule has 156 valence electrons. The van der Waals surface area contributed by atoms with E-state index in [4.69, 9.17) is 0 Å². The van der Waals surface area contributed by atoms with E-state index in [1.807, 2.05) is 22.4 Å². The predicted molar refractivity (Wildman–Crippen MR) is 114 cm³/mol. The maximum Gasteiger partial charge on any atom is 0.293 e. The van der Waals surface area contributed by atoms with Crippen LogP contribution in [0.25, 0.3) is 16.4 Å². The van der Waals surface area contributed by atoms with Crippen LogP contribution in [-0.4, -0.2) is 62.7 Å². The first-order valence-corrected chi connectivity index (χ1v) is 11.4. The number of hydrogen-bond donors (Lipinski definition) is 0. The average molecular weight is 426 g/mol. The molecule has 0 atom stereocenters. The Hall–Kier alpha value is -2.58. The quantitative estimate of drug-likeness (QED) is 0.637. The van der Waals surface area contributed by atoms with Crippen LogP contribution in [0.2, 0.25) is 0 Å². The maximum absolute atomic E-state index is 13.8. The van der Waals surface area contributed by atoms with Crippen LogP contribution in [0.4, 0.5) is 4.39 Å². The SMILES string of the molecule is O=C(c1nc(-c2cccs2)n(-c2cccc(F)c2)n1)N1CCN(C2CCCC2)CC1. The summed E-state index contributed by atoms with van der Waals surface area (Å²) in [6.45, 7) is 3.19. The number of rotatable bonds is 4. The Bertz CT molecular complexity index is 1020. The van der Waals surface area contributed by atoms with Gasteiger partial charge in [0.05, 0.1) is 10.6 Å². The number of piperazine rings is 1. The molecule has 2 aliphatic rings. The van der Waals surface area contributed by atoms with Crippen LogP contribution in [0, 0.1) is 5.82 Å². The third kappa shape index (κ3) is 3.77. The molecule has 3 heterocycles. The molecule has 8 heteroatoms. The molecule has 3 aromatic rings. The zero-order valence-electron chi connectivity index (χ0n) is 16.7. The van der Waals surface area contributed by atoms with Gasteiger partial charge >= 0.3 is 0 Å². The number of nitrogens with zero attached hydrogens (tertiary/aromatic N) is 5. The van der Waals surface area contributed by atoms with Gasteiger partial charge in [-0.3, -0.25) is 9.69 Å². The lowest BCUT2D eigenvalue weighted by Gasteiger charge is -2.37. The molecule has 2 aromatic heterocycles. The molecule has 1 amide bonds. The molecule has 6 nitrogen and oxygen atoms in total. The number of thiophene rings is 1. The lowest BCUT2D eigenvalue weighted by molar-refractivity contribution is 0.0562. The predicted octanol–water partition coefficient (Wildman–Crippen LogP) is 3.84. The fourth-order valence-electron chi connectivity index (χ4n) is 4.46. The zero-order chi connectivity index (χ0) is 20.5. The highest BCUT2D eigenvalue weighted by Gasteiger charge is 2.30. The highest BCUT2D eigenvalue weighted by Crippen LogP contribution is 2.27. The van der Waals surface area contributed by atoms with Gasteiger partial charge in [-0.25, -0.2) is 14.1 Å². The van der Waals surface area contributed by atoms with E-state index in [0.717, 1.165) is 18.0 Å². The minimum atomic E-state index is -0.351. The fourth-order valence-corrected chi connectivity index (χ4v) is 5.16. The summed E-state index contributed by atoms with van der Waals surface area (Å²) in [7, 11) is 0. The first-order valence-electron chi connectivity index (χ1n) is 10.5. The summed E-state index contributed by atoms with van der Waals surface area (Å²) in [6, 6.07) is 10.7. The first-order chi connectivity index (χ1) is 14.7. The van der Waals surface area contributed by atoms with Gasteiger partial charge in [-0.05, 0) is 42.5 Å². The Balaban J connectivity index is 1.39. The number of halogens is 1. The number of benzene rings is 1. The van der Waals surface area contributed by atoms with Gasteiger partial charge in [0.25, 0.3) is 5.91 Å². The monoisotopic (exact) mass is 425 g/mol. The number of hydrogen-bond acceptors (Lipinski definition) is 5. The Morgan fingerprint density at radius 1 is 1.07 bits per heavy atom. The van der Waals surface area contributed by atoms with E-state index in [2.05, 4.69) is 15.0 Å². The van der Waals surface area contributed by atoms with Crippen molar-refractivity contribution < 1.29 is 9.18 Å². The van der Waals surface area contributed by atoms with Crippen molar-refractivity contribution in [3.8, 4) is 16.4 Å². The van der Waals surface area contributed by atoms with E-state index in [-0.39, 0.29) is 17.5 Å². The molecule has 30 heavy (non-hydrogen) atoms. The molecule has 0 bridgehead atoms. The number of carbonyl (C=O) groups is 1. The Morgan fingerprint density at radius 2 is 1.87 bits per heavy atom. The zero-order valence-corrected chi connectivity index (χ0v) is 17.5. The highest BCUT2D eigenvalue weighted by atomic mass is 32.1. The molecular formula is C22H24FN5OS. The number of aromatic nitrogens is 3. The second kappa shape index (κ2) is 8.28. The van der Waals surface area contributed by atoms with E-state index < -0.39 is 0 Å². The van der Waals surface area contributed by atoms with E-state index in [1.54, 1.807) is 16.8 Å². The van der Waals surface area contributed by atoms with E-state index in [0.29, 0.717) is 30.6 Å². The molecule has 1 aliphatic carbocycles. The third-order valence-corrected chi connectivity index (χ3v) is 6.90. The highest BCUT2D eigenvalue weighted by molar-refractivity contribution is 7.13. The molecule has 1 aromatic carbocycles. The minimum absolute atomic E-state index is 0.158. The molecule has 1 saturated heterocycles. The first kappa shape index (κ1) is 19.4. The molecule has 5 rings (SSSR count). The summed E-state index contributed by atoms with van der Waals surface area (Å²) in [4.78, 5) is 23.0. The number of carbonyl (C=O) groups excluding carboxylic acids is 1. The van der Waals surface area contributed by atoms with Crippen LogP contribution < -0.4 is 0 Å². The Labute approximate surface area is 178 Å². The molecule has 1 aliphatic heterocycles. The molecule has 0 N–H and O–H groups in total. The minimum Gasteiger partial charge on any atom is -0.333 e. The summed E-state index contributed by atoms with van der Waals surface area (Å²) in [5, 5.41) is 6.44. The lowest BCUT2D eigenvalue weighted by Crippen LogP contribution is -2.51. The van der Waals surface area contributed by atoms with Crippen LogP contribution in [0.15, 0.2) is 41.8 Å². The topological polar surface area (TPSA) is 54.3 Å². The molecule has 0 spiro atoms. The molecule has 0 radical (unpaired) electrons. The number of amides is 1. The van der Waals surface area contributed by atoms with Crippen molar-refractivity contribution >= 4 is 17.2 Å². The van der Waals surface area contributed by atoms with Crippen molar-refractivity contribution in [2.45, 2.75) is 31.7 Å². The fraction of sp³-hybridized carbons (Fsp3) is 0.409. The van der Waals surface area contributed by atoms with Gasteiger partial charge in [-0.15, -0.1) is 16.4 Å². The van der Waals surface area contributed by atoms with Crippen molar-refractivity contribution in [3.63, 3.8) is 0 Å².